The highest BCUT2D eigenvalue weighted by molar-refractivity contribution is 5.77. The smallest absolute Gasteiger partial charge is 0.225 e. The van der Waals surface area contributed by atoms with Gasteiger partial charge in [0.2, 0.25) is 11.8 Å². The molecule has 1 aromatic rings. The monoisotopic (exact) mass is 483 g/mol. The molecule has 2 saturated heterocycles. The summed E-state index contributed by atoms with van der Waals surface area (Å²) in [6.45, 7) is 4.28. The maximum atomic E-state index is 12.9. The van der Waals surface area contributed by atoms with Crippen molar-refractivity contribution in [3.63, 3.8) is 0 Å². The largest absolute Gasteiger partial charge is 0.394 e. The fourth-order valence-electron chi connectivity index (χ4n) is 5.47. The van der Waals surface area contributed by atoms with Gasteiger partial charge in [0.1, 0.15) is 6.10 Å². The number of nitrogens with zero attached hydrogens (tertiary/aromatic N) is 2. The van der Waals surface area contributed by atoms with Gasteiger partial charge in [-0.15, -0.1) is 0 Å². The van der Waals surface area contributed by atoms with Crippen LogP contribution in [0, 0.1) is 5.92 Å². The molecule has 0 bridgehead atoms. The lowest BCUT2D eigenvalue weighted by molar-refractivity contribution is -0.137. The molecular weight excluding hydrogens is 442 g/mol. The molecule has 2 N–H and O–H groups in total. The number of aliphatic hydroxyl groups excluding tert-OH is 1. The summed E-state index contributed by atoms with van der Waals surface area (Å²) in [5.41, 5.74) is 1.36. The summed E-state index contributed by atoms with van der Waals surface area (Å²) in [7, 11) is 0. The molecule has 3 aliphatic rings. The van der Waals surface area contributed by atoms with Gasteiger partial charge >= 0.3 is 0 Å². The van der Waals surface area contributed by atoms with Gasteiger partial charge in [-0.1, -0.05) is 48.9 Å². The molecule has 35 heavy (non-hydrogen) atoms. The van der Waals surface area contributed by atoms with Gasteiger partial charge in [0.15, 0.2) is 0 Å². The Bertz CT molecular complexity index is 832. The standard InChI is InChI=1S/C28H41N3O4/c32-21-26-25(29-27(33)13-16-30-14-5-2-6-15-30)10-9-24(35-26)20-28(34)31-17-11-23(12-18-31)19-22-7-3-1-4-8-22/h1,3-4,7-10,23-26,32H,2,5-6,11-21H2,(H,29,33)/t24-,25-,26+/m1/s1. The Morgan fingerprint density at radius 3 is 2.46 bits per heavy atom. The van der Waals surface area contributed by atoms with E-state index < -0.39 is 6.10 Å². The Labute approximate surface area is 209 Å². The highest BCUT2D eigenvalue weighted by atomic mass is 16.5. The Morgan fingerprint density at radius 2 is 1.74 bits per heavy atom. The average Bonchev–Trinajstić information content (AvgIpc) is 2.90. The number of amides is 2. The number of carbonyl (C=O) groups excluding carboxylic acids is 2. The Morgan fingerprint density at radius 1 is 1.00 bits per heavy atom. The van der Waals surface area contributed by atoms with Gasteiger partial charge < -0.3 is 25.0 Å². The van der Waals surface area contributed by atoms with E-state index in [9.17, 15) is 14.7 Å². The molecular formula is C28H41N3O4. The minimum atomic E-state index is -0.534. The molecule has 0 radical (unpaired) electrons. The first kappa shape index (κ1) is 25.9. The van der Waals surface area contributed by atoms with Crippen molar-refractivity contribution in [2.24, 2.45) is 5.92 Å². The predicted octanol–water partition coefficient (Wildman–Crippen LogP) is 2.53. The third-order valence-electron chi connectivity index (χ3n) is 7.60. The second-order valence-corrected chi connectivity index (χ2v) is 10.2. The van der Waals surface area contributed by atoms with Crippen LogP contribution in [0.3, 0.4) is 0 Å². The second-order valence-electron chi connectivity index (χ2n) is 10.2. The molecule has 0 spiro atoms. The fraction of sp³-hybridized carbons (Fsp3) is 0.643. The number of aliphatic hydroxyl groups is 1. The number of nitrogens with one attached hydrogen (secondary N) is 1. The maximum Gasteiger partial charge on any atom is 0.225 e. The van der Waals surface area contributed by atoms with Crippen molar-refractivity contribution >= 4 is 11.8 Å². The van der Waals surface area contributed by atoms with Crippen LogP contribution in [-0.2, 0) is 20.7 Å². The number of hydrogen-bond donors (Lipinski definition) is 2. The molecule has 0 saturated carbocycles. The van der Waals surface area contributed by atoms with Gasteiger partial charge in [0.05, 0.1) is 25.2 Å². The summed E-state index contributed by atoms with van der Waals surface area (Å²) in [5.74, 6) is 0.684. The average molecular weight is 484 g/mol. The van der Waals surface area contributed by atoms with Crippen LogP contribution >= 0.6 is 0 Å². The van der Waals surface area contributed by atoms with E-state index in [-0.39, 0.29) is 37.0 Å². The minimum absolute atomic E-state index is 0.0276. The summed E-state index contributed by atoms with van der Waals surface area (Å²) in [6.07, 6.45) is 10.4. The van der Waals surface area contributed by atoms with Crippen LogP contribution in [-0.4, -0.2) is 84.3 Å². The second kappa shape index (κ2) is 13.2. The summed E-state index contributed by atoms with van der Waals surface area (Å²) < 4.78 is 6.00. The Kier molecular flexibility index (Phi) is 9.74. The fourth-order valence-corrected chi connectivity index (χ4v) is 5.47. The normalized spacial score (nSPS) is 26.0. The van der Waals surface area contributed by atoms with Crippen LogP contribution in [0.25, 0.3) is 0 Å². The van der Waals surface area contributed by atoms with Crippen molar-refractivity contribution < 1.29 is 19.4 Å². The van der Waals surface area contributed by atoms with Crippen LogP contribution in [0.15, 0.2) is 42.5 Å². The molecule has 7 heteroatoms. The lowest BCUT2D eigenvalue weighted by atomic mass is 9.90. The molecule has 7 nitrogen and oxygen atoms in total. The van der Waals surface area contributed by atoms with E-state index >= 15 is 0 Å². The van der Waals surface area contributed by atoms with Gasteiger partial charge in [-0.25, -0.2) is 0 Å². The molecule has 0 unspecified atom stereocenters. The van der Waals surface area contributed by atoms with Gasteiger partial charge in [-0.3, -0.25) is 9.59 Å². The van der Waals surface area contributed by atoms with Crippen molar-refractivity contribution in [3.05, 3.63) is 48.0 Å². The minimum Gasteiger partial charge on any atom is -0.394 e. The molecule has 3 heterocycles. The summed E-state index contributed by atoms with van der Waals surface area (Å²) in [6, 6.07) is 10.2. The van der Waals surface area contributed by atoms with Crippen LogP contribution < -0.4 is 5.32 Å². The topological polar surface area (TPSA) is 82.1 Å². The van der Waals surface area contributed by atoms with Crippen molar-refractivity contribution in [1.29, 1.82) is 0 Å². The van der Waals surface area contributed by atoms with Crippen molar-refractivity contribution in [3.8, 4) is 0 Å². The Balaban J connectivity index is 1.19. The van der Waals surface area contributed by atoms with E-state index in [0.717, 1.165) is 52.0 Å². The lowest BCUT2D eigenvalue weighted by Gasteiger charge is -2.35. The molecule has 0 aliphatic carbocycles. The van der Waals surface area contributed by atoms with E-state index in [4.69, 9.17) is 4.74 Å². The van der Waals surface area contributed by atoms with Crippen molar-refractivity contribution in [2.75, 3.05) is 39.3 Å². The highest BCUT2D eigenvalue weighted by Crippen LogP contribution is 2.23. The van der Waals surface area contributed by atoms with Crippen molar-refractivity contribution in [1.82, 2.24) is 15.1 Å². The van der Waals surface area contributed by atoms with Crippen LogP contribution in [0.4, 0.5) is 0 Å². The molecule has 2 amide bonds. The van der Waals surface area contributed by atoms with E-state index in [2.05, 4.69) is 34.5 Å². The van der Waals surface area contributed by atoms with E-state index in [1.807, 2.05) is 23.1 Å². The van der Waals surface area contributed by atoms with Crippen LogP contribution in [0.2, 0.25) is 0 Å². The molecule has 4 rings (SSSR count). The molecule has 192 valence electrons. The van der Waals surface area contributed by atoms with Gasteiger partial charge in [-0.05, 0) is 56.7 Å². The third kappa shape index (κ3) is 7.89. The number of carbonyl (C=O) groups is 2. The maximum absolute atomic E-state index is 12.9. The molecule has 0 aromatic heterocycles. The molecule has 2 fully saturated rings. The zero-order valence-electron chi connectivity index (χ0n) is 20.8. The van der Waals surface area contributed by atoms with E-state index in [1.54, 1.807) is 0 Å². The van der Waals surface area contributed by atoms with Crippen molar-refractivity contribution in [2.45, 2.75) is 69.6 Å². The number of rotatable bonds is 9. The summed E-state index contributed by atoms with van der Waals surface area (Å²) in [4.78, 5) is 29.6. The lowest BCUT2D eigenvalue weighted by Crippen LogP contribution is -2.50. The van der Waals surface area contributed by atoms with Gasteiger partial charge in [-0.2, -0.15) is 0 Å². The number of ether oxygens (including phenoxy) is 1. The first-order chi connectivity index (χ1) is 17.1. The number of piperidine rings is 2. The van der Waals surface area contributed by atoms with Crippen LogP contribution in [0.1, 0.15) is 50.5 Å². The number of likely N-dealkylation sites (tertiary alicyclic amines) is 2. The first-order valence-corrected chi connectivity index (χ1v) is 13.4. The molecule has 1 aromatic carbocycles. The highest BCUT2D eigenvalue weighted by Gasteiger charge is 2.31. The SMILES string of the molecule is O=C(CCN1CCCCC1)N[C@@H]1C=C[C@H](CC(=O)N2CCC(Cc3ccccc3)CC2)O[C@H]1CO. The third-order valence-corrected chi connectivity index (χ3v) is 7.60. The quantitative estimate of drug-likeness (QED) is 0.528. The molecule has 3 aliphatic heterocycles. The first-order valence-electron chi connectivity index (χ1n) is 13.4. The van der Waals surface area contributed by atoms with E-state index in [1.165, 1.54) is 24.8 Å². The molecule has 3 atom stereocenters. The summed E-state index contributed by atoms with van der Waals surface area (Å²) >= 11 is 0. The Hall–Kier alpha value is -2.22. The van der Waals surface area contributed by atoms with E-state index in [0.29, 0.717) is 12.3 Å². The number of hydrogen-bond acceptors (Lipinski definition) is 5. The van der Waals surface area contributed by atoms with Gasteiger partial charge in [0.25, 0.3) is 0 Å². The zero-order valence-corrected chi connectivity index (χ0v) is 20.8. The van der Waals surface area contributed by atoms with Gasteiger partial charge in [0, 0.05) is 26.1 Å². The summed E-state index contributed by atoms with van der Waals surface area (Å²) in [5, 5.41) is 12.8. The van der Waals surface area contributed by atoms with Crippen LogP contribution in [0.5, 0.6) is 0 Å². The zero-order chi connectivity index (χ0) is 24.5. The number of benzene rings is 1. The predicted molar refractivity (Wildman–Crippen MR) is 136 cm³/mol.